The van der Waals surface area contributed by atoms with Gasteiger partial charge in [0.05, 0.1) is 5.69 Å². The molecule has 3 N–H and O–H groups in total. The van der Waals surface area contributed by atoms with E-state index in [1.165, 1.54) is 6.07 Å². The van der Waals surface area contributed by atoms with E-state index in [9.17, 15) is 13.0 Å². The molecule has 0 saturated heterocycles. The lowest BCUT2D eigenvalue weighted by atomic mass is 10.1. The maximum atomic E-state index is 11.8. The Kier molecular flexibility index (Phi) is 5.51. The van der Waals surface area contributed by atoms with Crippen molar-refractivity contribution in [3.8, 4) is 0 Å². The van der Waals surface area contributed by atoms with Crippen molar-refractivity contribution in [3.05, 3.63) is 58.0 Å². The van der Waals surface area contributed by atoms with Crippen molar-refractivity contribution in [2.24, 2.45) is 26.4 Å². The van der Waals surface area contributed by atoms with Crippen LogP contribution in [0.5, 0.6) is 0 Å². The zero-order chi connectivity index (χ0) is 19.6. The van der Waals surface area contributed by atoms with E-state index in [1.807, 2.05) is 0 Å². The van der Waals surface area contributed by atoms with Crippen molar-refractivity contribution < 1.29 is 13.0 Å². The molecule has 0 radical (unpaired) electrons. The molecule has 8 nitrogen and oxygen atoms in total. The van der Waals surface area contributed by atoms with Gasteiger partial charge in [0.2, 0.25) is 0 Å². The van der Waals surface area contributed by atoms with Crippen LogP contribution in [0.15, 0.2) is 78.5 Å². The van der Waals surface area contributed by atoms with Gasteiger partial charge in [-0.05, 0) is 40.2 Å². The van der Waals surface area contributed by atoms with Gasteiger partial charge in [0, 0.05) is 20.3 Å². The second-order valence-corrected chi connectivity index (χ2v) is 7.96. The molecule has 0 bridgehead atoms. The summed E-state index contributed by atoms with van der Waals surface area (Å²) in [6.45, 7) is 0. The maximum Gasteiger partial charge on any atom is 0.295 e. The minimum atomic E-state index is -4.51. The van der Waals surface area contributed by atoms with Crippen LogP contribution in [0.1, 0.15) is 0 Å². The average Bonchev–Trinajstić information content (AvgIpc) is 2.61. The van der Waals surface area contributed by atoms with Gasteiger partial charge in [0.25, 0.3) is 10.1 Å². The average molecular weight is 469 g/mol. The molecule has 0 fully saturated rings. The third kappa shape index (κ3) is 4.14. The van der Waals surface area contributed by atoms with E-state index in [2.05, 4.69) is 36.5 Å². The van der Waals surface area contributed by atoms with Crippen LogP contribution in [0, 0.1) is 0 Å². The Morgan fingerprint density at radius 2 is 1.63 bits per heavy atom. The number of fused-ring (bicyclic) bond motifs is 1. The molecule has 0 aliphatic heterocycles. The minimum absolute atomic E-state index is 0.0670. The van der Waals surface area contributed by atoms with Gasteiger partial charge in [-0.1, -0.05) is 41.1 Å². The Bertz CT molecular complexity index is 1200. The van der Waals surface area contributed by atoms with E-state index >= 15 is 0 Å². The van der Waals surface area contributed by atoms with Gasteiger partial charge in [-0.2, -0.15) is 8.42 Å². The lowest BCUT2D eigenvalue weighted by Crippen LogP contribution is -1.99. The molecule has 3 aromatic rings. The van der Waals surface area contributed by atoms with Crippen molar-refractivity contribution in [1.29, 1.82) is 0 Å². The number of hydrogen-bond donors (Lipinski definition) is 2. The summed E-state index contributed by atoms with van der Waals surface area (Å²) in [5.74, 6) is 5.19. The molecule has 27 heavy (non-hydrogen) atoms. The molecule has 0 aromatic heterocycles. The largest absolute Gasteiger partial charge is 0.305 e. The van der Waals surface area contributed by atoms with Gasteiger partial charge in [0.1, 0.15) is 16.3 Å². The number of benzene rings is 3. The van der Waals surface area contributed by atoms with E-state index < -0.39 is 10.1 Å². The second-order valence-electron chi connectivity index (χ2n) is 5.27. The molecule has 138 valence electrons. The first kappa shape index (κ1) is 19.4. The van der Waals surface area contributed by atoms with E-state index in [0.29, 0.717) is 20.6 Å². The highest BCUT2D eigenvalue weighted by Gasteiger charge is 2.19. The Labute approximate surface area is 167 Å². The van der Waals surface area contributed by atoms with Crippen LogP contribution in [0.4, 0.5) is 17.1 Å². The highest BCUT2D eigenvalue weighted by molar-refractivity contribution is 9.10. The molecule has 0 unspecified atom stereocenters. The third-order valence-electron chi connectivity index (χ3n) is 3.57. The highest BCUT2D eigenvalue weighted by Crippen LogP contribution is 2.41. The van der Waals surface area contributed by atoms with Gasteiger partial charge in [-0.25, -0.2) is 0 Å². The molecule has 3 aromatic carbocycles. The zero-order valence-corrected chi connectivity index (χ0v) is 16.6. The number of nitrogens with two attached hydrogens (primary N) is 1. The van der Waals surface area contributed by atoms with Crippen LogP contribution in [-0.2, 0) is 10.1 Å². The van der Waals surface area contributed by atoms with Crippen molar-refractivity contribution >= 4 is 65.5 Å². The van der Waals surface area contributed by atoms with Crippen LogP contribution in [0.2, 0.25) is 5.02 Å². The van der Waals surface area contributed by atoms with Crippen molar-refractivity contribution in [3.63, 3.8) is 0 Å². The molecule has 0 aliphatic carbocycles. The first-order valence-corrected chi connectivity index (χ1v) is 9.93. The summed E-state index contributed by atoms with van der Waals surface area (Å²) in [4.78, 5) is -0.321. The summed E-state index contributed by atoms with van der Waals surface area (Å²) < 4.78 is 33.8. The predicted molar refractivity (Wildman–Crippen MR) is 106 cm³/mol. The number of rotatable bonds is 4. The summed E-state index contributed by atoms with van der Waals surface area (Å²) in [5.41, 5.74) is 0.739. The molecule has 3 rings (SSSR count). The molecule has 11 heteroatoms. The second kappa shape index (κ2) is 7.69. The van der Waals surface area contributed by atoms with Crippen LogP contribution in [-0.4, -0.2) is 13.0 Å². The summed E-state index contributed by atoms with van der Waals surface area (Å²) in [7, 11) is -4.51. The molecule has 0 spiro atoms. The Balaban J connectivity index is 2.28. The molecule has 0 saturated carbocycles. The van der Waals surface area contributed by atoms with Crippen molar-refractivity contribution in [1.82, 2.24) is 0 Å². The summed E-state index contributed by atoms with van der Waals surface area (Å²) in [5, 5.41) is 16.5. The van der Waals surface area contributed by atoms with E-state index in [4.69, 9.17) is 17.4 Å². The van der Waals surface area contributed by atoms with Gasteiger partial charge >= 0.3 is 0 Å². The highest BCUT2D eigenvalue weighted by atomic mass is 79.9. The minimum Gasteiger partial charge on any atom is -0.305 e. The van der Waals surface area contributed by atoms with E-state index in [1.54, 1.807) is 36.4 Å². The van der Waals surface area contributed by atoms with Gasteiger partial charge in [0.15, 0.2) is 0 Å². The summed E-state index contributed by atoms with van der Waals surface area (Å²) in [6, 6.07) is 12.5. The Morgan fingerprint density at radius 3 is 2.26 bits per heavy atom. The lowest BCUT2D eigenvalue weighted by molar-refractivity contribution is 0.484. The van der Waals surface area contributed by atoms with Crippen LogP contribution >= 0.6 is 27.5 Å². The van der Waals surface area contributed by atoms with E-state index in [-0.39, 0.29) is 21.7 Å². The monoisotopic (exact) mass is 467 g/mol. The number of azo groups is 1. The molecule has 0 atom stereocenters. The molecule has 0 heterocycles. The fourth-order valence-corrected chi connectivity index (χ4v) is 3.91. The first-order chi connectivity index (χ1) is 12.8. The smallest absolute Gasteiger partial charge is 0.295 e. The standard InChI is InChI=1S/C16H11BrClN5O3S/c17-12-7-9(18)5-6-13(12)20-21-14-8-15(27(24,25)26)10-3-1-2-4-11(10)16(14)22-23-19/h1-8H,(H2,19,22)(H,24,25,26). The van der Waals surface area contributed by atoms with Gasteiger partial charge < -0.3 is 5.84 Å². The van der Waals surface area contributed by atoms with Gasteiger partial charge in [-0.15, -0.1) is 15.3 Å². The normalized spacial score (nSPS) is 12.4. The van der Waals surface area contributed by atoms with Crippen LogP contribution in [0.25, 0.3) is 10.8 Å². The predicted octanol–water partition coefficient (Wildman–Crippen LogP) is 5.88. The fourth-order valence-electron chi connectivity index (χ4n) is 2.44. The number of nitrogens with zero attached hydrogens (tertiary/aromatic N) is 4. The first-order valence-electron chi connectivity index (χ1n) is 7.32. The fraction of sp³-hybridized carbons (Fsp3) is 0. The molecular formula is C16H11BrClN5O3S. The van der Waals surface area contributed by atoms with Crippen LogP contribution < -0.4 is 5.84 Å². The van der Waals surface area contributed by atoms with Crippen molar-refractivity contribution in [2.45, 2.75) is 4.90 Å². The van der Waals surface area contributed by atoms with Crippen molar-refractivity contribution in [2.75, 3.05) is 0 Å². The maximum absolute atomic E-state index is 11.8. The quantitative estimate of drug-likeness (QED) is 0.214. The molecule has 0 amide bonds. The number of hydrogen-bond acceptors (Lipinski definition) is 6. The molecular weight excluding hydrogens is 458 g/mol. The topological polar surface area (TPSA) is 130 Å². The Hall–Kier alpha value is -2.40. The SMILES string of the molecule is NN=Nc1c(N=Nc2ccc(Cl)cc2Br)cc(S(=O)(=O)O)c2ccccc12. The lowest BCUT2D eigenvalue weighted by Gasteiger charge is -2.08. The Morgan fingerprint density at radius 1 is 0.963 bits per heavy atom. The van der Waals surface area contributed by atoms with Crippen LogP contribution in [0.3, 0.4) is 0 Å². The van der Waals surface area contributed by atoms with E-state index in [0.717, 1.165) is 6.07 Å². The zero-order valence-electron chi connectivity index (χ0n) is 13.4. The third-order valence-corrected chi connectivity index (χ3v) is 5.33. The molecule has 0 aliphatic rings. The summed E-state index contributed by atoms with van der Waals surface area (Å²) >= 11 is 9.22. The van der Waals surface area contributed by atoms with Gasteiger partial charge in [-0.3, -0.25) is 4.55 Å². The number of halogens is 2. The summed E-state index contributed by atoms with van der Waals surface area (Å²) in [6.07, 6.45) is 0.